The van der Waals surface area contributed by atoms with E-state index in [1.54, 1.807) is 30.3 Å². The largest absolute Gasteiger partial charge is 0.454 e. The fraction of sp³-hybridized carbons (Fsp3) is 0.185. The maximum atomic E-state index is 12.8. The third-order valence-electron chi connectivity index (χ3n) is 5.44. The summed E-state index contributed by atoms with van der Waals surface area (Å²) in [5.74, 6) is -1.23. The van der Waals surface area contributed by atoms with Crippen LogP contribution >= 0.6 is 0 Å². The molecule has 0 spiro atoms. The summed E-state index contributed by atoms with van der Waals surface area (Å²) in [4.78, 5) is 24.8. The second-order valence-corrected chi connectivity index (χ2v) is 9.76. The number of esters is 1. The van der Waals surface area contributed by atoms with Crippen molar-refractivity contribution in [2.75, 3.05) is 11.3 Å². The number of rotatable bonds is 10. The standard InChI is InChI=1S/C27H25NO6S/c1-2-3-7-19-12-14-22(15-13-19)28-35(31,32)23-10-6-9-21(16-23)27(30)33-18-24(29)26-17-20-8-4-5-11-25(20)34-26/h4-6,8-17,28H,2-3,7,18H2,1H3. The number of anilines is 1. The Kier molecular flexibility index (Phi) is 7.31. The molecule has 1 heterocycles. The zero-order valence-electron chi connectivity index (χ0n) is 19.2. The molecule has 0 radical (unpaired) electrons. The van der Waals surface area contributed by atoms with E-state index in [0.29, 0.717) is 11.3 Å². The summed E-state index contributed by atoms with van der Waals surface area (Å²) in [6.45, 7) is 1.59. The van der Waals surface area contributed by atoms with Gasteiger partial charge in [0.1, 0.15) is 5.58 Å². The molecule has 0 fully saturated rings. The smallest absolute Gasteiger partial charge is 0.338 e. The van der Waals surface area contributed by atoms with Gasteiger partial charge in [-0.15, -0.1) is 0 Å². The number of sulfonamides is 1. The number of furan rings is 1. The molecule has 0 unspecified atom stereocenters. The van der Waals surface area contributed by atoms with Crippen molar-refractivity contribution in [1.82, 2.24) is 0 Å². The lowest BCUT2D eigenvalue weighted by Gasteiger charge is -2.10. The average molecular weight is 492 g/mol. The highest BCUT2D eigenvalue weighted by molar-refractivity contribution is 7.92. The van der Waals surface area contributed by atoms with Crippen LogP contribution in [0.1, 0.15) is 46.2 Å². The Hall–Kier alpha value is -3.91. The first kappa shape index (κ1) is 24.2. The monoisotopic (exact) mass is 491 g/mol. The predicted octanol–water partition coefficient (Wildman–Crippen LogP) is 5.62. The van der Waals surface area contributed by atoms with Crippen LogP contribution in [-0.2, 0) is 21.2 Å². The Morgan fingerprint density at radius 1 is 0.943 bits per heavy atom. The first-order chi connectivity index (χ1) is 16.9. The molecule has 3 aromatic carbocycles. The number of ether oxygens (including phenoxy) is 1. The van der Waals surface area contributed by atoms with Gasteiger partial charge in [-0.05, 0) is 60.9 Å². The van der Waals surface area contributed by atoms with Crippen LogP contribution in [0, 0.1) is 0 Å². The fourth-order valence-electron chi connectivity index (χ4n) is 3.53. The molecular weight excluding hydrogens is 466 g/mol. The molecule has 0 aliphatic heterocycles. The Morgan fingerprint density at radius 3 is 2.46 bits per heavy atom. The molecule has 35 heavy (non-hydrogen) atoms. The molecule has 0 bridgehead atoms. The minimum absolute atomic E-state index is 0.0141. The number of carbonyl (C=O) groups excluding carboxylic acids is 2. The summed E-state index contributed by atoms with van der Waals surface area (Å²) in [7, 11) is -3.93. The van der Waals surface area contributed by atoms with Crippen molar-refractivity contribution < 1.29 is 27.2 Å². The number of ketones is 1. The van der Waals surface area contributed by atoms with E-state index in [2.05, 4.69) is 11.6 Å². The Labute approximate surface area is 203 Å². The number of hydrogen-bond donors (Lipinski definition) is 1. The minimum atomic E-state index is -3.93. The van der Waals surface area contributed by atoms with Gasteiger partial charge in [-0.3, -0.25) is 9.52 Å². The van der Waals surface area contributed by atoms with E-state index >= 15 is 0 Å². The molecule has 0 aliphatic carbocycles. The summed E-state index contributed by atoms with van der Waals surface area (Å²) in [5, 5.41) is 0.767. The Morgan fingerprint density at radius 2 is 1.71 bits per heavy atom. The summed E-state index contributed by atoms with van der Waals surface area (Å²) < 4.78 is 38.8. The lowest BCUT2D eigenvalue weighted by atomic mass is 10.1. The highest BCUT2D eigenvalue weighted by atomic mass is 32.2. The van der Waals surface area contributed by atoms with Gasteiger partial charge in [-0.2, -0.15) is 0 Å². The maximum Gasteiger partial charge on any atom is 0.338 e. The van der Waals surface area contributed by atoms with E-state index in [4.69, 9.17) is 9.15 Å². The van der Waals surface area contributed by atoms with Crippen molar-refractivity contribution in [1.29, 1.82) is 0 Å². The number of hydrogen-bond acceptors (Lipinski definition) is 6. The van der Waals surface area contributed by atoms with Crippen LogP contribution in [0.4, 0.5) is 5.69 Å². The average Bonchev–Trinajstić information content (AvgIpc) is 3.31. The molecule has 0 amide bonds. The van der Waals surface area contributed by atoms with Gasteiger partial charge in [0, 0.05) is 11.1 Å². The number of carbonyl (C=O) groups is 2. The molecule has 0 saturated carbocycles. The zero-order valence-corrected chi connectivity index (χ0v) is 20.0. The lowest BCUT2D eigenvalue weighted by Crippen LogP contribution is -2.16. The second kappa shape index (κ2) is 10.6. The number of benzene rings is 3. The van der Waals surface area contributed by atoms with E-state index in [9.17, 15) is 18.0 Å². The molecule has 4 aromatic rings. The van der Waals surface area contributed by atoms with E-state index < -0.39 is 28.4 Å². The van der Waals surface area contributed by atoms with E-state index in [0.717, 1.165) is 30.2 Å². The van der Waals surface area contributed by atoms with Crippen LogP contribution in [0.5, 0.6) is 0 Å². The first-order valence-electron chi connectivity index (χ1n) is 11.3. The molecule has 4 rings (SSSR count). The molecule has 0 saturated heterocycles. The number of aryl methyl sites for hydroxylation is 1. The van der Waals surface area contributed by atoms with Gasteiger partial charge in [0.05, 0.1) is 10.5 Å². The van der Waals surface area contributed by atoms with Crippen molar-refractivity contribution in [3.05, 3.63) is 95.7 Å². The van der Waals surface area contributed by atoms with Gasteiger partial charge in [0.15, 0.2) is 12.4 Å². The van der Waals surface area contributed by atoms with E-state index in [1.165, 1.54) is 24.3 Å². The molecule has 8 heteroatoms. The predicted molar refractivity (Wildman–Crippen MR) is 133 cm³/mol. The lowest BCUT2D eigenvalue weighted by molar-refractivity contribution is 0.0468. The summed E-state index contributed by atoms with van der Waals surface area (Å²) in [6.07, 6.45) is 3.09. The molecule has 1 N–H and O–H groups in total. The maximum absolute atomic E-state index is 12.8. The van der Waals surface area contributed by atoms with Crippen molar-refractivity contribution in [3.8, 4) is 0 Å². The highest BCUT2D eigenvalue weighted by Gasteiger charge is 2.19. The van der Waals surface area contributed by atoms with E-state index in [-0.39, 0.29) is 16.2 Å². The van der Waals surface area contributed by atoms with Crippen LogP contribution in [0.3, 0.4) is 0 Å². The van der Waals surface area contributed by atoms with Crippen LogP contribution in [-0.4, -0.2) is 26.8 Å². The van der Waals surface area contributed by atoms with Crippen molar-refractivity contribution in [2.45, 2.75) is 31.1 Å². The van der Waals surface area contributed by atoms with E-state index in [1.807, 2.05) is 24.3 Å². The van der Waals surface area contributed by atoms with Crippen molar-refractivity contribution in [2.24, 2.45) is 0 Å². The molecular formula is C27H25NO6S. The minimum Gasteiger partial charge on any atom is -0.454 e. The molecule has 0 atom stereocenters. The highest BCUT2D eigenvalue weighted by Crippen LogP contribution is 2.21. The van der Waals surface area contributed by atoms with Gasteiger partial charge in [0.2, 0.25) is 5.78 Å². The summed E-state index contributed by atoms with van der Waals surface area (Å²) in [6, 6.07) is 21.4. The molecule has 7 nitrogen and oxygen atoms in total. The second-order valence-electron chi connectivity index (χ2n) is 8.08. The number of nitrogens with one attached hydrogen (secondary N) is 1. The number of unbranched alkanes of at least 4 members (excludes halogenated alkanes) is 1. The first-order valence-corrected chi connectivity index (χ1v) is 12.7. The third kappa shape index (κ3) is 5.96. The number of para-hydroxylation sites is 1. The summed E-state index contributed by atoms with van der Waals surface area (Å²) in [5.41, 5.74) is 2.13. The Balaban J connectivity index is 1.40. The molecule has 0 aliphatic rings. The fourth-order valence-corrected chi connectivity index (χ4v) is 4.63. The summed E-state index contributed by atoms with van der Waals surface area (Å²) >= 11 is 0. The van der Waals surface area contributed by atoms with Crippen LogP contribution in [0.25, 0.3) is 11.0 Å². The number of Topliss-reactive ketones (excluding diaryl/α,β-unsaturated/α-hetero) is 1. The third-order valence-corrected chi connectivity index (χ3v) is 6.82. The van der Waals surface area contributed by atoms with Gasteiger partial charge in [-0.1, -0.05) is 49.7 Å². The topological polar surface area (TPSA) is 103 Å². The normalized spacial score (nSPS) is 11.3. The van der Waals surface area contributed by atoms with Gasteiger partial charge >= 0.3 is 5.97 Å². The molecule has 1 aromatic heterocycles. The van der Waals surface area contributed by atoms with Gasteiger partial charge < -0.3 is 9.15 Å². The quantitative estimate of drug-likeness (QED) is 0.228. The van der Waals surface area contributed by atoms with Gasteiger partial charge in [-0.25, -0.2) is 13.2 Å². The van der Waals surface area contributed by atoms with Crippen molar-refractivity contribution >= 4 is 38.4 Å². The SMILES string of the molecule is CCCCc1ccc(NS(=O)(=O)c2cccc(C(=O)OCC(=O)c3cc4ccccc4o3)c2)cc1. The van der Waals surface area contributed by atoms with Crippen LogP contribution < -0.4 is 4.72 Å². The Bertz CT molecular complexity index is 1420. The zero-order chi connectivity index (χ0) is 24.8. The van der Waals surface area contributed by atoms with Crippen molar-refractivity contribution in [3.63, 3.8) is 0 Å². The van der Waals surface area contributed by atoms with Crippen LogP contribution in [0.15, 0.2) is 88.2 Å². The van der Waals surface area contributed by atoms with Crippen LogP contribution in [0.2, 0.25) is 0 Å². The molecule has 180 valence electrons. The number of fused-ring (bicyclic) bond motifs is 1. The van der Waals surface area contributed by atoms with Gasteiger partial charge in [0.25, 0.3) is 10.0 Å².